The van der Waals surface area contributed by atoms with Gasteiger partial charge in [0.05, 0.1) is 0 Å². The van der Waals surface area contributed by atoms with Crippen LogP contribution in [0.2, 0.25) is 0 Å². The minimum absolute atomic E-state index is 0.123. The lowest BCUT2D eigenvalue weighted by atomic mass is 9.58. The molecule has 0 aromatic carbocycles. The van der Waals surface area contributed by atoms with Crippen LogP contribution < -0.4 is 5.32 Å². The Hall–Kier alpha value is -0.770. The Morgan fingerprint density at radius 1 is 0.947 bits per heavy atom. The van der Waals surface area contributed by atoms with E-state index < -0.39 is 0 Å². The highest BCUT2D eigenvalue weighted by atomic mass is 16.2. The van der Waals surface area contributed by atoms with E-state index in [9.17, 15) is 4.79 Å². The zero-order valence-electron chi connectivity index (χ0n) is 12.4. The number of piperazine rings is 1. The minimum Gasteiger partial charge on any atom is -0.333 e. The van der Waals surface area contributed by atoms with E-state index in [4.69, 9.17) is 0 Å². The number of fused-ring (bicyclic) bond motifs is 3. The van der Waals surface area contributed by atoms with E-state index in [-0.39, 0.29) is 11.6 Å². The normalized spacial score (nSPS) is 39.4. The molecule has 1 aliphatic heterocycles. The lowest BCUT2D eigenvalue weighted by molar-refractivity contribution is 0.0378. The Balaban J connectivity index is 1.58. The predicted molar refractivity (Wildman–Crippen MR) is 76.1 cm³/mol. The van der Waals surface area contributed by atoms with Gasteiger partial charge in [0.1, 0.15) is 0 Å². The number of carbonyl (C=O) groups is 1. The summed E-state index contributed by atoms with van der Waals surface area (Å²) in [7, 11) is 2.12. The van der Waals surface area contributed by atoms with Crippen LogP contribution in [0.5, 0.6) is 0 Å². The highest BCUT2D eigenvalue weighted by Crippen LogP contribution is 2.51. The Kier molecular flexibility index (Phi) is 3.24. The molecule has 1 saturated heterocycles. The molecular formula is C15H27N3O. The molecule has 2 bridgehead atoms. The summed E-state index contributed by atoms with van der Waals surface area (Å²) in [6, 6.07) is 0.179. The van der Waals surface area contributed by atoms with E-state index in [0.29, 0.717) is 5.41 Å². The zero-order chi connectivity index (χ0) is 13.5. The van der Waals surface area contributed by atoms with Crippen molar-refractivity contribution in [2.24, 2.45) is 5.41 Å². The van der Waals surface area contributed by atoms with Gasteiger partial charge in [-0.25, -0.2) is 4.79 Å². The lowest BCUT2D eigenvalue weighted by Gasteiger charge is -2.52. The molecule has 0 radical (unpaired) electrons. The van der Waals surface area contributed by atoms with Crippen LogP contribution in [0.25, 0.3) is 0 Å². The molecule has 3 aliphatic carbocycles. The minimum atomic E-state index is 0.123. The van der Waals surface area contributed by atoms with E-state index in [2.05, 4.69) is 24.2 Å². The van der Waals surface area contributed by atoms with Gasteiger partial charge in [0.15, 0.2) is 0 Å². The fraction of sp³-hybridized carbons (Fsp3) is 0.933. The molecule has 0 atom stereocenters. The maximum absolute atomic E-state index is 12.4. The monoisotopic (exact) mass is 265 g/mol. The van der Waals surface area contributed by atoms with Crippen molar-refractivity contribution < 1.29 is 4.79 Å². The number of amides is 2. The molecule has 4 nitrogen and oxygen atoms in total. The first kappa shape index (κ1) is 13.2. The average Bonchev–Trinajstić information content (AvgIpc) is 2.41. The molecule has 0 spiro atoms. The van der Waals surface area contributed by atoms with Crippen molar-refractivity contribution in [3.05, 3.63) is 0 Å². The van der Waals surface area contributed by atoms with Crippen LogP contribution in [-0.2, 0) is 0 Å². The van der Waals surface area contributed by atoms with E-state index in [0.717, 1.165) is 26.2 Å². The SMILES string of the molecule is CN1CCN(C(=O)NC23CCC(C)(CC2)CC3)CC1. The molecule has 0 unspecified atom stereocenters. The van der Waals surface area contributed by atoms with E-state index in [1.807, 2.05) is 4.90 Å². The Morgan fingerprint density at radius 2 is 1.47 bits per heavy atom. The summed E-state index contributed by atoms with van der Waals surface area (Å²) >= 11 is 0. The van der Waals surface area contributed by atoms with Crippen molar-refractivity contribution in [1.82, 2.24) is 15.1 Å². The first-order valence-electron chi connectivity index (χ1n) is 7.76. The molecule has 4 fully saturated rings. The third-order valence-corrected chi connectivity index (χ3v) is 5.78. The number of likely N-dealkylation sites (N-methyl/N-ethyl adjacent to an activating group) is 1. The molecule has 19 heavy (non-hydrogen) atoms. The number of urea groups is 1. The van der Waals surface area contributed by atoms with Crippen LogP contribution >= 0.6 is 0 Å². The molecule has 3 saturated carbocycles. The molecule has 4 aliphatic rings. The number of hydrogen-bond acceptors (Lipinski definition) is 2. The van der Waals surface area contributed by atoms with Crippen LogP contribution in [-0.4, -0.2) is 54.6 Å². The van der Waals surface area contributed by atoms with Crippen LogP contribution in [0.3, 0.4) is 0 Å². The second kappa shape index (κ2) is 4.65. The number of nitrogens with one attached hydrogen (secondary N) is 1. The summed E-state index contributed by atoms with van der Waals surface area (Å²) < 4.78 is 0. The highest BCUT2D eigenvalue weighted by molar-refractivity contribution is 5.75. The zero-order valence-corrected chi connectivity index (χ0v) is 12.4. The van der Waals surface area contributed by atoms with Crippen molar-refractivity contribution in [1.29, 1.82) is 0 Å². The second-order valence-electron chi connectivity index (χ2n) is 7.31. The fourth-order valence-corrected chi connectivity index (χ4v) is 3.88. The molecule has 4 heteroatoms. The van der Waals surface area contributed by atoms with Gasteiger partial charge in [0, 0.05) is 31.7 Å². The van der Waals surface area contributed by atoms with Gasteiger partial charge in [0.2, 0.25) is 0 Å². The van der Waals surface area contributed by atoms with Gasteiger partial charge >= 0.3 is 6.03 Å². The van der Waals surface area contributed by atoms with Gasteiger partial charge in [-0.05, 0) is 51.0 Å². The first-order valence-corrected chi connectivity index (χ1v) is 7.76. The number of nitrogens with zero attached hydrogens (tertiary/aromatic N) is 2. The van der Waals surface area contributed by atoms with E-state index >= 15 is 0 Å². The summed E-state index contributed by atoms with van der Waals surface area (Å²) in [5.41, 5.74) is 0.693. The smallest absolute Gasteiger partial charge is 0.317 e. The summed E-state index contributed by atoms with van der Waals surface area (Å²) in [4.78, 5) is 16.7. The van der Waals surface area contributed by atoms with Crippen molar-refractivity contribution in [2.75, 3.05) is 33.2 Å². The molecule has 1 N–H and O–H groups in total. The van der Waals surface area contributed by atoms with Gasteiger partial charge < -0.3 is 15.1 Å². The van der Waals surface area contributed by atoms with Gasteiger partial charge in [-0.3, -0.25) is 0 Å². The number of rotatable bonds is 1. The maximum atomic E-state index is 12.4. The average molecular weight is 265 g/mol. The molecule has 2 amide bonds. The van der Waals surface area contributed by atoms with Crippen molar-refractivity contribution in [3.8, 4) is 0 Å². The largest absolute Gasteiger partial charge is 0.333 e. The quantitative estimate of drug-likeness (QED) is 0.787. The molecule has 0 aromatic rings. The first-order chi connectivity index (χ1) is 9.00. The van der Waals surface area contributed by atoms with Gasteiger partial charge in [0.25, 0.3) is 0 Å². The molecule has 0 aromatic heterocycles. The van der Waals surface area contributed by atoms with Crippen molar-refractivity contribution in [2.45, 2.75) is 51.0 Å². The highest BCUT2D eigenvalue weighted by Gasteiger charge is 2.47. The predicted octanol–water partition coefficient (Wildman–Crippen LogP) is 2.06. The Bertz CT molecular complexity index is 336. The van der Waals surface area contributed by atoms with Crippen LogP contribution in [0.1, 0.15) is 45.4 Å². The third kappa shape index (κ3) is 2.60. The summed E-state index contributed by atoms with van der Waals surface area (Å²) in [6.45, 7) is 6.15. The topological polar surface area (TPSA) is 35.6 Å². The van der Waals surface area contributed by atoms with E-state index in [1.54, 1.807) is 0 Å². The number of carbonyl (C=O) groups excluding carboxylic acids is 1. The van der Waals surface area contributed by atoms with Gasteiger partial charge in [-0.2, -0.15) is 0 Å². The van der Waals surface area contributed by atoms with Gasteiger partial charge in [-0.15, -0.1) is 0 Å². The molecular weight excluding hydrogens is 238 g/mol. The number of hydrogen-bond donors (Lipinski definition) is 1. The molecule has 1 heterocycles. The van der Waals surface area contributed by atoms with Crippen LogP contribution in [0, 0.1) is 5.41 Å². The summed E-state index contributed by atoms with van der Waals surface area (Å²) in [6.07, 6.45) is 7.41. The standard InChI is InChI=1S/C15H27N3O/c1-14-3-6-15(7-4-14,8-5-14)16-13(19)18-11-9-17(2)10-12-18/h3-12H2,1-2H3,(H,16,19). The van der Waals surface area contributed by atoms with Gasteiger partial charge in [-0.1, -0.05) is 6.92 Å². The Morgan fingerprint density at radius 3 is 2.00 bits per heavy atom. The summed E-state index contributed by atoms with van der Waals surface area (Å²) in [5.74, 6) is 0. The fourth-order valence-electron chi connectivity index (χ4n) is 3.88. The van der Waals surface area contributed by atoms with Crippen LogP contribution in [0.15, 0.2) is 0 Å². The molecule has 4 rings (SSSR count). The van der Waals surface area contributed by atoms with Crippen LogP contribution in [0.4, 0.5) is 4.79 Å². The molecule has 108 valence electrons. The van der Waals surface area contributed by atoms with Crippen molar-refractivity contribution >= 4 is 6.03 Å². The second-order valence-corrected chi connectivity index (χ2v) is 7.31. The summed E-state index contributed by atoms with van der Waals surface area (Å²) in [5, 5.41) is 3.39. The van der Waals surface area contributed by atoms with Crippen molar-refractivity contribution in [3.63, 3.8) is 0 Å². The van der Waals surface area contributed by atoms with E-state index in [1.165, 1.54) is 38.5 Å². The third-order valence-electron chi connectivity index (χ3n) is 5.78. The maximum Gasteiger partial charge on any atom is 0.317 e. The lowest BCUT2D eigenvalue weighted by Crippen LogP contribution is -2.60. The Labute approximate surface area is 116 Å².